The van der Waals surface area contributed by atoms with Crippen LogP contribution in [-0.2, 0) is 0 Å². The summed E-state index contributed by atoms with van der Waals surface area (Å²) in [5.41, 5.74) is 6.07. The lowest BCUT2D eigenvalue weighted by molar-refractivity contribution is -0.384. The van der Waals surface area contributed by atoms with Crippen molar-refractivity contribution in [3.63, 3.8) is 0 Å². The predicted octanol–water partition coefficient (Wildman–Crippen LogP) is 1.49. The average Bonchev–Trinajstić information content (AvgIpc) is 2.26. The second-order valence-electron chi connectivity index (χ2n) is 3.00. The first kappa shape index (κ1) is 11.2. The highest BCUT2D eigenvalue weighted by Gasteiger charge is 2.06. The van der Waals surface area contributed by atoms with Gasteiger partial charge in [0, 0.05) is 12.6 Å². The van der Waals surface area contributed by atoms with E-state index in [1.807, 2.05) is 0 Å². The molecule has 0 unspecified atom stereocenters. The fourth-order valence-electron chi connectivity index (χ4n) is 0.931. The molecule has 0 aliphatic heterocycles. The van der Waals surface area contributed by atoms with Crippen molar-refractivity contribution in [1.29, 1.82) is 0 Å². The molecule has 0 bridgehead atoms. The summed E-state index contributed by atoms with van der Waals surface area (Å²) in [7, 11) is 0. The minimum Gasteiger partial charge on any atom is -0.489 e. The second-order valence-corrected chi connectivity index (χ2v) is 3.00. The molecule has 0 aromatic heterocycles. The first-order valence-electron chi connectivity index (χ1n) is 4.37. The standard InChI is InChI=1S/C10H12N2O3/c1-8(6-11)7-15-10-4-2-3-9(5-10)12(13)14/h2-5H,1,6-7,11H2. The minimum atomic E-state index is -0.468. The quantitative estimate of drug-likeness (QED) is 0.451. The number of nitrogens with two attached hydrogens (primary N) is 1. The third-order valence-corrected chi connectivity index (χ3v) is 1.76. The van der Waals surface area contributed by atoms with Crippen molar-refractivity contribution in [3.8, 4) is 5.75 Å². The Morgan fingerprint density at radius 1 is 1.60 bits per heavy atom. The molecule has 0 amide bonds. The normalized spacial score (nSPS) is 9.67. The first-order valence-corrected chi connectivity index (χ1v) is 4.37. The van der Waals surface area contributed by atoms with Gasteiger partial charge in [-0.05, 0) is 11.6 Å². The molecule has 0 saturated heterocycles. The summed E-state index contributed by atoms with van der Waals surface area (Å²) >= 11 is 0. The Morgan fingerprint density at radius 2 is 2.33 bits per heavy atom. The Morgan fingerprint density at radius 3 is 2.93 bits per heavy atom. The van der Waals surface area contributed by atoms with Crippen LogP contribution in [-0.4, -0.2) is 18.1 Å². The molecular formula is C10H12N2O3. The van der Waals surface area contributed by atoms with Gasteiger partial charge in [0.25, 0.3) is 5.69 Å². The van der Waals surface area contributed by atoms with Gasteiger partial charge in [-0.15, -0.1) is 0 Å². The summed E-state index contributed by atoms with van der Waals surface area (Å²) in [5.74, 6) is 0.443. The Bertz CT molecular complexity index is 377. The van der Waals surface area contributed by atoms with Gasteiger partial charge in [-0.2, -0.15) is 0 Å². The second kappa shape index (κ2) is 5.11. The number of benzene rings is 1. The molecule has 1 rings (SSSR count). The van der Waals surface area contributed by atoms with Crippen molar-refractivity contribution in [2.45, 2.75) is 0 Å². The Labute approximate surface area is 87.3 Å². The smallest absolute Gasteiger partial charge is 0.273 e. The number of hydrogen-bond acceptors (Lipinski definition) is 4. The lowest BCUT2D eigenvalue weighted by Gasteiger charge is -2.06. The SMILES string of the molecule is C=C(CN)COc1cccc([N+](=O)[O-])c1. The van der Waals surface area contributed by atoms with Crippen molar-refractivity contribution < 1.29 is 9.66 Å². The van der Waals surface area contributed by atoms with Crippen LogP contribution >= 0.6 is 0 Å². The molecule has 1 aromatic rings. The van der Waals surface area contributed by atoms with Gasteiger partial charge in [0.15, 0.2) is 0 Å². The van der Waals surface area contributed by atoms with E-state index >= 15 is 0 Å². The van der Waals surface area contributed by atoms with Crippen LogP contribution in [0.15, 0.2) is 36.4 Å². The van der Waals surface area contributed by atoms with Gasteiger partial charge in [0.2, 0.25) is 0 Å². The van der Waals surface area contributed by atoms with Crippen LogP contribution < -0.4 is 10.5 Å². The molecule has 5 heteroatoms. The number of rotatable bonds is 5. The number of nitrogens with zero attached hydrogens (tertiary/aromatic N) is 1. The highest BCUT2D eigenvalue weighted by molar-refractivity contribution is 5.38. The number of hydrogen-bond donors (Lipinski definition) is 1. The zero-order valence-electron chi connectivity index (χ0n) is 8.18. The fourth-order valence-corrected chi connectivity index (χ4v) is 0.931. The number of ether oxygens (including phenoxy) is 1. The third kappa shape index (κ3) is 3.40. The molecular weight excluding hydrogens is 196 g/mol. The Kier molecular flexibility index (Phi) is 3.82. The lowest BCUT2D eigenvalue weighted by Crippen LogP contribution is -2.09. The molecule has 0 radical (unpaired) electrons. The van der Waals surface area contributed by atoms with Crippen molar-refractivity contribution in [3.05, 3.63) is 46.5 Å². The maximum Gasteiger partial charge on any atom is 0.273 e. The highest BCUT2D eigenvalue weighted by atomic mass is 16.6. The molecule has 80 valence electrons. The van der Waals surface area contributed by atoms with Gasteiger partial charge in [-0.25, -0.2) is 0 Å². The van der Waals surface area contributed by atoms with Gasteiger partial charge in [-0.1, -0.05) is 12.6 Å². The minimum absolute atomic E-state index is 0.00543. The summed E-state index contributed by atoms with van der Waals surface area (Å²) in [6.07, 6.45) is 0. The van der Waals surface area contributed by atoms with E-state index in [9.17, 15) is 10.1 Å². The van der Waals surface area contributed by atoms with Gasteiger partial charge in [0.1, 0.15) is 12.4 Å². The summed E-state index contributed by atoms with van der Waals surface area (Å²) in [4.78, 5) is 9.99. The molecule has 15 heavy (non-hydrogen) atoms. The molecule has 5 nitrogen and oxygen atoms in total. The Balaban J connectivity index is 2.66. The Hall–Kier alpha value is -1.88. The van der Waals surface area contributed by atoms with E-state index in [1.165, 1.54) is 12.1 Å². The molecule has 2 N–H and O–H groups in total. The molecule has 0 saturated carbocycles. The first-order chi connectivity index (χ1) is 7.13. The van der Waals surface area contributed by atoms with Gasteiger partial charge in [-0.3, -0.25) is 10.1 Å². The summed E-state index contributed by atoms with van der Waals surface area (Å²) in [6, 6.07) is 5.99. The summed E-state index contributed by atoms with van der Waals surface area (Å²) in [6.45, 7) is 4.28. The van der Waals surface area contributed by atoms with Crippen LogP contribution in [0, 0.1) is 10.1 Å². The van der Waals surface area contributed by atoms with Crippen LogP contribution in [0.1, 0.15) is 0 Å². The van der Waals surface area contributed by atoms with Crippen LogP contribution in [0.5, 0.6) is 5.75 Å². The van der Waals surface area contributed by atoms with Crippen LogP contribution in [0.4, 0.5) is 5.69 Å². The van der Waals surface area contributed by atoms with E-state index in [1.54, 1.807) is 12.1 Å². The molecule has 0 atom stereocenters. The number of nitro groups is 1. The summed E-state index contributed by atoms with van der Waals surface area (Å²) in [5, 5.41) is 10.5. The van der Waals surface area contributed by atoms with Gasteiger partial charge >= 0.3 is 0 Å². The number of non-ortho nitro benzene ring substituents is 1. The molecule has 0 spiro atoms. The highest BCUT2D eigenvalue weighted by Crippen LogP contribution is 2.19. The number of nitro benzene ring substituents is 1. The zero-order valence-corrected chi connectivity index (χ0v) is 8.18. The van der Waals surface area contributed by atoms with Crippen molar-refractivity contribution in [2.24, 2.45) is 5.73 Å². The maximum absolute atomic E-state index is 10.5. The van der Waals surface area contributed by atoms with E-state index in [0.29, 0.717) is 12.3 Å². The molecule has 1 aromatic carbocycles. The summed E-state index contributed by atoms with van der Waals surface area (Å²) < 4.78 is 5.27. The van der Waals surface area contributed by atoms with Gasteiger partial charge in [0.05, 0.1) is 11.0 Å². The van der Waals surface area contributed by atoms with Crippen LogP contribution in [0.2, 0.25) is 0 Å². The molecule has 0 fully saturated rings. The largest absolute Gasteiger partial charge is 0.489 e. The fraction of sp³-hybridized carbons (Fsp3) is 0.200. The topological polar surface area (TPSA) is 78.4 Å². The molecule has 0 heterocycles. The van der Waals surface area contributed by atoms with E-state index in [-0.39, 0.29) is 12.3 Å². The zero-order chi connectivity index (χ0) is 11.3. The molecule has 0 aliphatic rings. The van der Waals surface area contributed by atoms with Crippen molar-refractivity contribution in [2.75, 3.05) is 13.2 Å². The van der Waals surface area contributed by atoms with Crippen molar-refractivity contribution >= 4 is 5.69 Å². The third-order valence-electron chi connectivity index (χ3n) is 1.76. The van der Waals surface area contributed by atoms with Crippen LogP contribution in [0.3, 0.4) is 0 Å². The molecule has 0 aliphatic carbocycles. The van der Waals surface area contributed by atoms with Gasteiger partial charge < -0.3 is 10.5 Å². The van der Waals surface area contributed by atoms with E-state index in [2.05, 4.69) is 6.58 Å². The van der Waals surface area contributed by atoms with Crippen molar-refractivity contribution in [1.82, 2.24) is 0 Å². The van der Waals surface area contributed by atoms with E-state index in [4.69, 9.17) is 10.5 Å². The lowest BCUT2D eigenvalue weighted by atomic mass is 10.3. The predicted molar refractivity (Wildman–Crippen MR) is 56.8 cm³/mol. The van der Waals surface area contributed by atoms with Crippen LogP contribution in [0.25, 0.3) is 0 Å². The maximum atomic E-state index is 10.5. The monoisotopic (exact) mass is 208 g/mol. The van der Waals surface area contributed by atoms with E-state index in [0.717, 1.165) is 5.57 Å². The van der Waals surface area contributed by atoms with E-state index < -0.39 is 4.92 Å². The average molecular weight is 208 g/mol.